The molecule has 0 amide bonds. The molecule has 0 bridgehead atoms. The summed E-state index contributed by atoms with van der Waals surface area (Å²) < 4.78 is 0. The standard InChI is InChI=1S/C12H17N/c1-10-6-7-12(11(2)9-10)5-3-4-8-13/h6-7,9H,3-5,8H2,1-2H3. The fraction of sp³-hybridized carbons (Fsp3) is 0.500. The summed E-state index contributed by atoms with van der Waals surface area (Å²) >= 11 is 0. The van der Waals surface area contributed by atoms with Gasteiger partial charge in [0.15, 0.2) is 0 Å². The maximum atomic E-state index is 8.66. The molecule has 0 saturated carbocycles. The Labute approximate surface area is 81.0 Å². The van der Waals surface area contributed by atoms with Crippen molar-refractivity contribution in [1.29, 1.82) is 0 Å². The SMILES string of the molecule is Cc1ccc(CCCC[N])c(C)c1. The van der Waals surface area contributed by atoms with Gasteiger partial charge in [-0.25, -0.2) is 0 Å². The van der Waals surface area contributed by atoms with Crippen molar-refractivity contribution in [3.63, 3.8) is 0 Å². The highest BCUT2D eigenvalue weighted by molar-refractivity contribution is 5.30. The second-order valence-corrected chi connectivity index (χ2v) is 3.61. The van der Waals surface area contributed by atoms with E-state index in [1.165, 1.54) is 16.7 Å². The van der Waals surface area contributed by atoms with Crippen LogP contribution in [0.1, 0.15) is 29.5 Å². The predicted octanol–water partition coefficient (Wildman–Crippen LogP) is 2.69. The van der Waals surface area contributed by atoms with Crippen LogP contribution in [-0.4, -0.2) is 6.54 Å². The number of unbranched alkanes of at least 4 members (excludes halogenated alkanes) is 1. The Bertz CT molecular complexity index is 266. The van der Waals surface area contributed by atoms with Gasteiger partial charge in [0.25, 0.3) is 0 Å². The Hall–Kier alpha value is -0.820. The van der Waals surface area contributed by atoms with Crippen LogP contribution in [0.5, 0.6) is 0 Å². The first-order chi connectivity index (χ1) is 6.24. The zero-order chi connectivity index (χ0) is 9.68. The van der Waals surface area contributed by atoms with Crippen LogP contribution in [0.15, 0.2) is 18.2 Å². The molecule has 1 nitrogen and oxygen atoms in total. The minimum atomic E-state index is 0.310. The summed E-state index contributed by atoms with van der Waals surface area (Å²) in [5, 5.41) is 0. The highest BCUT2D eigenvalue weighted by Crippen LogP contribution is 2.12. The van der Waals surface area contributed by atoms with Gasteiger partial charge in [-0.15, -0.1) is 5.73 Å². The van der Waals surface area contributed by atoms with Crippen LogP contribution in [0.2, 0.25) is 0 Å². The zero-order valence-corrected chi connectivity index (χ0v) is 8.51. The summed E-state index contributed by atoms with van der Waals surface area (Å²) in [4.78, 5) is 0. The van der Waals surface area contributed by atoms with E-state index in [1.54, 1.807) is 0 Å². The predicted molar refractivity (Wildman–Crippen MR) is 55.9 cm³/mol. The summed E-state index contributed by atoms with van der Waals surface area (Å²) in [6, 6.07) is 6.57. The van der Waals surface area contributed by atoms with E-state index in [9.17, 15) is 0 Å². The van der Waals surface area contributed by atoms with Gasteiger partial charge in [-0.3, -0.25) is 0 Å². The average Bonchev–Trinajstić information content (AvgIpc) is 2.09. The number of aryl methyl sites for hydroxylation is 3. The Morgan fingerprint density at radius 2 is 1.92 bits per heavy atom. The van der Waals surface area contributed by atoms with Crippen molar-refractivity contribution < 1.29 is 0 Å². The number of nitrogens with zero attached hydrogens (tertiary/aromatic N) is 1. The highest BCUT2D eigenvalue weighted by Gasteiger charge is 1.97. The van der Waals surface area contributed by atoms with E-state index in [2.05, 4.69) is 32.0 Å². The van der Waals surface area contributed by atoms with Crippen molar-refractivity contribution in [3.05, 3.63) is 34.9 Å². The van der Waals surface area contributed by atoms with Crippen molar-refractivity contribution in [2.24, 2.45) is 0 Å². The molecule has 0 aliphatic heterocycles. The minimum Gasteiger partial charge on any atom is -0.145 e. The van der Waals surface area contributed by atoms with Crippen molar-refractivity contribution in [1.82, 2.24) is 5.73 Å². The monoisotopic (exact) mass is 175 g/mol. The molecule has 0 atom stereocenters. The lowest BCUT2D eigenvalue weighted by atomic mass is 10.0. The summed E-state index contributed by atoms with van der Waals surface area (Å²) in [6.07, 6.45) is 3.08. The molecule has 0 unspecified atom stereocenters. The molecule has 0 heterocycles. The molecule has 0 spiro atoms. The summed E-state index contributed by atoms with van der Waals surface area (Å²) in [7, 11) is 0. The van der Waals surface area contributed by atoms with Crippen molar-refractivity contribution in [3.8, 4) is 0 Å². The van der Waals surface area contributed by atoms with Crippen LogP contribution in [0.3, 0.4) is 0 Å². The van der Waals surface area contributed by atoms with Gasteiger partial charge in [-0.05, 0) is 44.2 Å². The smallest absolute Gasteiger partial charge is 0.0321 e. The maximum absolute atomic E-state index is 8.66. The van der Waals surface area contributed by atoms with E-state index in [0.717, 1.165) is 19.3 Å². The molecule has 0 aliphatic rings. The molecule has 0 N–H and O–H groups in total. The molecule has 2 radical (unpaired) electrons. The summed E-state index contributed by atoms with van der Waals surface area (Å²) in [5.74, 6) is 0. The Morgan fingerprint density at radius 1 is 1.15 bits per heavy atom. The first-order valence-electron chi connectivity index (χ1n) is 4.91. The van der Waals surface area contributed by atoms with Crippen molar-refractivity contribution in [2.75, 3.05) is 6.54 Å². The largest absolute Gasteiger partial charge is 0.145 e. The first kappa shape index (κ1) is 10.3. The Morgan fingerprint density at radius 3 is 2.54 bits per heavy atom. The van der Waals surface area contributed by atoms with Crippen LogP contribution in [0.25, 0.3) is 0 Å². The van der Waals surface area contributed by atoms with E-state index < -0.39 is 0 Å². The molecule has 1 aromatic carbocycles. The highest BCUT2D eigenvalue weighted by atomic mass is 14.5. The lowest BCUT2D eigenvalue weighted by Crippen LogP contribution is -1.93. The second-order valence-electron chi connectivity index (χ2n) is 3.61. The first-order valence-corrected chi connectivity index (χ1v) is 4.91. The van der Waals surface area contributed by atoms with Crippen LogP contribution in [0, 0.1) is 13.8 Å². The van der Waals surface area contributed by atoms with Crippen LogP contribution < -0.4 is 5.73 Å². The lowest BCUT2D eigenvalue weighted by Gasteiger charge is -2.05. The molecule has 0 aliphatic carbocycles. The van der Waals surface area contributed by atoms with Gasteiger partial charge >= 0.3 is 0 Å². The molecule has 1 heteroatoms. The molecule has 1 aromatic rings. The lowest BCUT2D eigenvalue weighted by molar-refractivity contribution is 0.733. The molecule has 70 valence electrons. The Balaban J connectivity index is 2.56. The minimum absolute atomic E-state index is 0.310. The van der Waals surface area contributed by atoms with Gasteiger partial charge < -0.3 is 0 Å². The second kappa shape index (κ2) is 5.03. The van der Waals surface area contributed by atoms with Crippen LogP contribution >= 0.6 is 0 Å². The molecular weight excluding hydrogens is 158 g/mol. The van der Waals surface area contributed by atoms with Crippen molar-refractivity contribution >= 4 is 0 Å². The molecule has 0 aromatic heterocycles. The van der Waals surface area contributed by atoms with Crippen molar-refractivity contribution in [2.45, 2.75) is 33.1 Å². The van der Waals surface area contributed by atoms with E-state index in [1.807, 2.05) is 0 Å². The normalized spacial score (nSPS) is 10.4. The van der Waals surface area contributed by atoms with Crippen LogP contribution in [0.4, 0.5) is 0 Å². The molecule has 0 fully saturated rings. The molecular formula is C12H17N. The van der Waals surface area contributed by atoms with Gasteiger partial charge in [-0.1, -0.05) is 23.8 Å². The maximum Gasteiger partial charge on any atom is 0.0321 e. The summed E-state index contributed by atoms with van der Waals surface area (Å²) in [5.41, 5.74) is 12.8. The third-order valence-electron chi connectivity index (χ3n) is 2.35. The van der Waals surface area contributed by atoms with E-state index in [4.69, 9.17) is 5.73 Å². The zero-order valence-electron chi connectivity index (χ0n) is 8.51. The van der Waals surface area contributed by atoms with E-state index in [-0.39, 0.29) is 0 Å². The third-order valence-corrected chi connectivity index (χ3v) is 2.35. The fourth-order valence-corrected chi connectivity index (χ4v) is 1.55. The van der Waals surface area contributed by atoms with Gasteiger partial charge in [0.05, 0.1) is 0 Å². The molecule has 1 rings (SSSR count). The van der Waals surface area contributed by atoms with Gasteiger partial charge in [0.1, 0.15) is 0 Å². The topological polar surface area (TPSA) is 22.3 Å². The summed E-state index contributed by atoms with van der Waals surface area (Å²) in [6.45, 7) is 4.58. The fourth-order valence-electron chi connectivity index (χ4n) is 1.55. The van der Waals surface area contributed by atoms with Gasteiger partial charge in [0, 0.05) is 6.54 Å². The average molecular weight is 175 g/mol. The number of hydrogen-bond donors (Lipinski definition) is 0. The van der Waals surface area contributed by atoms with Gasteiger partial charge in [-0.2, -0.15) is 0 Å². The number of hydrogen-bond acceptors (Lipinski definition) is 0. The van der Waals surface area contributed by atoms with E-state index >= 15 is 0 Å². The Kier molecular flexibility index (Phi) is 3.97. The quantitative estimate of drug-likeness (QED) is 0.628. The van der Waals surface area contributed by atoms with E-state index in [0.29, 0.717) is 6.54 Å². The van der Waals surface area contributed by atoms with Crippen LogP contribution in [-0.2, 0) is 6.42 Å². The number of rotatable bonds is 4. The number of benzene rings is 1. The third kappa shape index (κ3) is 3.19. The van der Waals surface area contributed by atoms with Gasteiger partial charge in [0.2, 0.25) is 0 Å². The molecule has 13 heavy (non-hydrogen) atoms. The molecule has 0 saturated heterocycles.